The Morgan fingerprint density at radius 1 is 1.18 bits per heavy atom. The molecule has 1 aliphatic rings. The molecule has 3 rings (SSSR count). The van der Waals surface area contributed by atoms with Gasteiger partial charge in [0.15, 0.2) is 0 Å². The lowest BCUT2D eigenvalue weighted by molar-refractivity contribution is 0.325. The van der Waals surface area contributed by atoms with Crippen LogP contribution < -0.4 is 4.74 Å². The molecule has 2 heterocycles. The van der Waals surface area contributed by atoms with Crippen LogP contribution in [0.25, 0.3) is 4.85 Å². The van der Waals surface area contributed by atoms with E-state index in [1.807, 2.05) is 24.3 Å². The number of ether oxygens (including phenoxy) is 1. The number of hydrogen-bond donors (Lipinski definition) is 0. The van der Waals surface area contributed by atoms with E-state index in [9.17, 15) is 0 Å². The third-order valence-electron chi connectivity index (χ3n) is 4.11. The van der Waals surface area contributed by atoms with Gasteiger partial charge in [-0.05, 0) is 11.6 Å². The second-order valence-corrected chi connectivity index (χ2v) is 5.59. The fourth-order valence-corrected chi connectivity index (χ4v) is 3.01. The van der Waals surface area contributed by atoms with Gasteiger partial charge in [-0.2, -0.15) is 0 Å². The summed E-state index contributed by atoms with van der Waals surface area (Å²) in [7, 11) is 1.62. The minimum absolute atomic E-state index is 0.0386. The number of rotatable bonds is 4. The Bertz CT molecular complexity index is 666. The first-order chi connectivity index (χ1) is 10.8. The van der Waals surface area contributed by atoms with Crippen molar-refractivity contribution in [2.75, 3.05) is 20.2 Å². The van der Waals surface area contributed by atoms with Crippen LogP contribution in [0.2, 0.25) is 0 Å². The Morgan fingerprint density at radius 3 is 2.73 bits per heavy atom. The number of aromatic nitrogens is 1. The van der Waals surface area contributed by atoms with Gasteiger partial charge in [-0.15, -0.1) is 0 Å². The lowest BCUT2D eigenvalue weighted by atomic mass is 10.00. The van der Waals surface area contributed by atoms with Gasteiger partial charge in [0.25, 0.3) is 0 Å². The predicted molar refractivity (Wildman–Crippen MR) is 85.6 cm³/mol. The molecule has 1 aliphatic heterocycles. The van der Waals surface area contributed by atoms with Crippen LogP contribution in [0.5, 0.6) is 5.88 Å². The number of nitrogens with zero attached hydrogens (tertiary/aromatic N) is 3. The first kappa shape index (κ1) is 14.6. The van der Waals surface area contributed by atoms with Crippen molar-refractivity contribution in [2.45, 2.75) is 18.5 Å². The van der Waals surface area contributed by atoms with E-state index in [1.54, 1.807) is 7.11 Å². The summed E-state index contributed by atoms with van der Waals surface area (Å²) in [5.41, 5.74) is 2.24. The summed E-state index contributed by atoms with van der Waals surface area (Å²) < 4.78 is 5.20. The summed E-state index contributed by atoms with van der Waals surface area (Å²) >= 11 is 0. The molecule has 2 atom stereocenters. The Balaban J connectivity index is 1.76. The molecule has 1 aromatic carbocycles. The normalized spacial score (nSPS) is 21.5. The predicted octanol–water partition coefficient (Wildman–Crippen LogP) is 2.98. The Hall–Kier alpha value is -2.38. The summed E-state index contributed by atoms with van der Waals surface area (Å²) in [4.78, 5) is 10.7. The van der Waals surface area contributed by atoms with E-state index in [0.29, 0.717) is 5.88 Å². The summed E-state index contributed by atoms with van der Waals surface area (Å²) in [6.07, 6.45) is 0. The average molecular weight is 293 g/mol. The Kier molecular flexibility index (Phi) is 4.36. The molecule has 0 amide bonds. The molecule has 1 aromatic heterocycles. The molecule has 0 bridgehead atoms. The molecular formula is C18H19N3O. The zero-order valence-corrected chi connectivity index (χ0v) is 12.6. The Morgan fingerprint density at radius 2 is 2.00 bits per heavy atom. The molecule has 22 heavy (non-hydrogen) atoms. The summed E-state index contributed by atoms with van der Waals surface area (Å²) in [5, 5.41) is 0. The standard InChI is InChI=1S/C18H19N3O/c1-19-17-13-21(11-14-7-4-3-5-8-14)12-15(17)16-9-6-10-18(20-16)22-2/h3-10,15,17H,11-13H2,2H3/t15?,17-/m1/s1. The minimum atomic E-state index is -0.0386. The molecule has 4 nitrogen and oxygen atoms in total. The van der Waals surface area contributed by atoms with Gasteiger partial charge >= 0.3 is 0 Å². The van der Waals surface area contributed by atoms with E-state index in [1.165, 1.54) is 5.56 Å². The molecule has 112 valence electrons. The largest absolute Gasteiger partial charge is 0.481 e. The van der Waals surface area contributed by atoms with Crippen molar-refractivity contribution in [2.24, 2.45) is 0 Å². The highest BCUT2D eigenvalue weighted by atomic mass is 16.5. The van der Waals surface area contributed by atoms with Crippen LogP contribution >= 0.6 is 0 Å². The van der Waals surface area contributed by atoms with Gasteiger partial charge in [0, 0.05) is 19.2 Å². The number of pyridine rings is 1. The molecule has 0 N–H and O–H groups in total. The van der Waals surface area contributed by atoms with Gasteiger partial charge in [-0.3, -0.25) is 4.90 Å². The van der Waals surface area contributed by atoms with Crippen LogP contribution in [0.1, 0.15) is 17.2 Å². The first-order valence-electron chi connectivity index (χ1n) is 7.44. The SMILES string of the molecule is [C-]#[N+][C@@H]1CN(Cc2ccccc2)CC1c1cccc(OC)n1. The topological polar surface area (TPSA) is 29.7 Å². The van der Waals surface area contributed by atoms with Crippen LogP contribution in [0.4, 0.5) is 0 Å². The van der Waals surface area contributed by atoms with Crippen LogP contribution in [0.15, 0.2) is 48.5 Å². The third-order valence-corrected chi connectivity index (χ3v) is 4.11. The molecule has 0 saturated carbocycles. The van der Waals surface area contributed by atoms with Crippen molar-refractivity contribution in [1.29, 1.82) is 0 Å². The van der Waals surface area contributed by atoms with Gasteiger partial charge in [0.2, 0.25) is 11.9 Å². The lowest BCUT2D eigenvalue weighted by Crippen LogP contribution is -2.20. The Labute approximate surface area is 131 Å². The first-order valence-corrected chi connectivity index (χ1v) is 7.44. The molecule has 1 saturated heterocycles. The van der Waals surface area contributed by atoms with Gasteiger partial charge in [-0.1, -0.05) is 36.4 Å². The van der Waals surface area contributed by atoms with E-state index in [-0.39, 0.29) is 12.0 Å². The zero-order valence-electron chi connectivity index (χ0n) is 12.6. The molecular weight excluding hydrogens is 274 g/mol. The van der Waals surface area contributed by atoms with Gasteiger partial charge in [-0.25, -0.2) is 11.6 Å². The maximum absolute atomic E-state index is 7.49. The van der Waals surface area contributed by atoms with Crippen LogP contribution in [-0.4, -0.2) is 36.1 Å². The number of hydrogen-bond acceptors (Lipinski definition) is 3. The van der Waals surface area contributed by atoms with Crippen molar-refractivity contribution in [3.8, 4) is 5.88 Å². The highest BCUT2D eigenvalue weighted by molar-refractivity contribution is 5.24. The van der Waals surface area contributed by atoms with Gasteiger partial charge < -0.3 is 9.58 Å². The van der Waals surface area contributed by atoms with E-state index in [2.05, 4.69) is 39.0 Å². The maximum Gasteiger partial charge on any atom is 0.245 e. The molecule has 1 fully saturated rings. The smallest absolute Gasteiger partial charge is 0.245 e. The average Bonchev–Trinajstić information content (AvgIpc) is 2.99. The van der Waals surface area contributed by atoms with E-state index in [0.717, 1.165) is 25.3 Å². The molecule has 4 heteroatoms. The monoisotopic (exact) mass is 293 g/mol. The summed E-state index contributed by atoms with van der Waals surface area (Å²) in [5.74, 6) is 0.763. The van der Waals surface area contributed by atoms with Crippen LogP contribution in [-0.2, 0) is 6.54 Å². The van der Waals surface area contributed by atoms with Gasteiger partial charge in [0.05, 0.1) is 25.3 Å². The van der Waals surface area contributed by atoms with Gasteiger partial charge in [0.1, 0.15) is 0 Å². The molecule has 0 spiro atoms. The van der Waals surface area contributed by atoms with Crippen molar-refractivity contribution in [1.82, 2.24) is 9.88 Å². The highest BCUT2D eigenvalue weighted by Gasteiger charge is 2.39. The highest BCUT2D eigenvalue weighted by Crippen LogP contribution is 2.30. The van der Waals surface area contributed by atoms with Crippen LogP contribution in [0, 0.1) is 6.57 Å². The van der Waals surface area contributed by atoms with Crippen molar-refractivity contribution < 1.29 is 4.74 Å². The molecule has 0 radical (unpaired) electrons. The molecule has 1 unspecified atom stereocenters. The number of benzene rings is 1. The fourth-order valence-electron chi connectivity index (χ4n) is 3.01. The number of likely N-dealkylation sites (tertiary alicyclic amines) is 1. The minimum Gasteiger partial charge on any atom is -0.481 e. The van der Waals surface area contributed by atoms with Crippen molar-refractivity contribution >= 4 is 0 Å². The lowest BCUT2D eigenvalue weighted by Gasteiger charge is -2.14. The van der Waals surface area contributed by atoms with E-state index < -0.39 is 0 Å². The van der Waals surface area contributed by atoms with E-state index in [4.69, 9.17) is 11.3 Å². The van der Waals surface area contributed by atoms with Crippen LogP contribution in [0.3, 0.4) is 0 Å². The van der Waals surface area contributed by atoms with Crippen molar-refractivity contribution in [3.05, 3.63) is 71.2 Å². The zero-order chi connectivity index (χ0) is 15.4. The van der Waals surface area contributed by atoms with Crippen molar-refractivity contribution in [3.63, 3.8) is 0 Å². The number of methoxy groups -OCH3 is 1. The second-order valence-electron chi connectivity index (χ2n) is 5.59. The molecule has 2 aromatic rings. The maximum atomic E-state index is 7.49. The summed E-state index contributed by atoms with van der Waals surface area (Å²) in [6.45, 7) is 10.0. The second kappa shape index (κ2) is 6.59. The third kappa shape index (κ3) is 3.10. The fraction of sp³-hybridized carbons (Fsp3) is 0.333. The summed E-state index contributed by atoms with van der Waals surface area (Å²) in [6, 6.07) is 16.1. The quantitative estimate of drug-likeness (QED) is 0.812. The van der Waals surface area contributed by atoms with E-state index >= 15 is 0 Å². The molecule has 0 aliphatic carbocycles.